The molecule has 1 heterocycles. The van der Waals surface area contributed by atoms with E-state index in [2.05, 4.69) is 20.0 Å². The summed E-state index contributed by atoms with van der Waals surface area (Å²) in [6, 6.07) is 19.7. The van der Waals surface area contributed by atoms with Crippen LogP contribution in [-0.2, 0) is 24.8 Å². The Morgan fingerprint density at radius 1 is 0.846 bits per heavy atom. The van der Waals surface area contributed by atoms with Gasteiger partial charge in [-0.2, -0.15) is 0 Å². The molecule has 0 saturated carbocycles. The number of carbonyl (C=O) groups excluding carboxylic acids is 1. The topological polar surface area (TPSA) is 148 Å². The highest BCUT2D eigenvalue weighted by Gasteiger charge is 2.29. The van der Waals surface area contributed by atoms with Crippen LogP contribution in [0.3, 0.4) is 0 Å². The van der Waals surface area contributed by atoms with Crippen LogP contribution in [0, 0.1) is 6.92 Å². The van der Waals surface area contributed by atoms with E-state index in [1.807, 2.05) is 6.92 Å². The molecule has 4 rings (SSSR count). The monoisotopic (exact) mass is 567 g/mol. The van der Waals surface area contributed by atoms with Gasteiger partial charge in [-0.1, -0.05) is 29.8 Å². The molecule has 3 aromatic carbocycles. The normalized spacial score (nSPS) is 11.4. The summed E-state index contributed by atoms with van der Waals surface area (Å²) < 4.78 is 61.0. The van der Waals surface area contributed by atoms with E-state index < -0.39 is 32.5 Å². The van der Waals surface area contributed by atoms with Crippen LogP contribution in [0.1, 0.15) is 5.56 Å². The minimum absolute atomic E-state index is 0.0104. The Hall–Kier alpha value is -4.49. The van der Waals surface area contributed by atoms with Crippen LogP contribution in [0.5, 0.6) is 5.75 Å². The van der Waals surface area contributed by atoms with Gasteiger partial charge in [0.2, 0.25) is 11.9 Å². The molecule has 0 bridgehead atoms. The summed E-state index contributed by atoms with van der Waals surface area (Å²) in [5, 5.41) is 2.61. The number of hydrogen-bond acceptors (Lipinski definition) is 8. The number of aromatic nitrogens is 2. The molecule has 1 amide bonds. The van der Waals surface area contributed by atoms with E-state index >= 15 is 0 Å². The number of hydrogen-bond donors (Lipinski definition) is 2. The van der Waals surface area contributed by atoms with Crippen LogP contribution in [0.4, 0.5) is 17.3 Å². The number of rotatable bonds is 10. The molecule has 0 radical (unpaired) electrons. The van der Waals surface area contributed by atoms with E-state index in [0.29, 0.717) is 0 Å². The molecule has 1 aromatic heterocycles. The fraction of sp³-hybridized carbons (Fsp3) is 0.115. The first-order valence-electron chi connectivity index (χ1n) is 11.5. The van der Waals surface area contributed by atoms with Crippen LogP contribution in [0.25, 0.3) is 0 Å². The third kappa shape index (κ3) is 6.51. The number of aryl methyl sites for hydroxylation is 1. The second-order valence-electron chi connectivity index (χ2n) is 8.25. The van der Waals surface area contributed by atoms with Gasteiger partial charge in [0, 0.05) is 18.1 Å². The SMILES string of the molecule is COc1ccccc1N(CC(=O)Nc1ccc(S(=O)(=O)Nc2ncccn2)cc1)S(=O)(=O)c1ccc(C)cc1. The number of sulfonamides is 2. The molecule has 0 spiro atoms. The van der Waals surface area contributed by atoms with Gasteiger partial charge in [0.05, 0.1) is 22.6 Å². The minimum atomic E-state index is -4.15. The zero-order valence-electron chi connectivity index (χ0n) is 21.0. The molecule has 0 saturated heterocycles. The second kappa shape index (κ2) is 11.5. The van der Waals surface area contributed by atoms with Gasteiger partial charge in [-0.25, -0.2) is 31.5 Å². The molecule has 0 atom stereocenters. The first kappa shape index (κ1) is 27.5. The number of anilines is 3. The van der Waals surface area contributed by atoms with Crippen molar-refractivity contribution in [1.82, 2.24) is 9.97 Å². The van der Waals surface area contributed by atoms with Gasteiger partial charge in [-0.15, -0.1) is 0 Å². The highest BCUT2D eigenvalue weighted by atomic mass is 32.2. The number of benzene rings is 3. The third-order valence-corrected chi connectivity index (χ3v) is 8.61. The molecule has 0 aliphatic carbocycles. The first-order valence-corrected chi connectivity index (χ1v) is 14.4. The van der Waals surface area contributed by atoms with E-state index in [4.69, 9.17) is 4.74 Å². The Balaban J connectivity index is 1.56. The number of ether oxygens (including phenoxy) is 1. The molecule has 0 fully saturated rings. The Morgan fingerprint density at radius 3 is 2.10 bits per heavy atom. The van der Waals surface area contributed by atoms with Gasteiger partial charge in [0.15, 0.2) is 0 Å². The van der Waals surface area contributed by atoms with Crippen LogP contribution in [-0.4, -0.2) is 46.4 Å². The summed E-state index contributed by atoms with van der Waals surface area (Å²) in [6.07, 6.45) is 2.80. The average Bonchev–Trinajstić information content (AvgIpc) is 2.92. The number of para-hydroxylation sites is 2. The molecular formula is C26H25N5O6S2. The van der Waals surface area contributed by atoms with E-state index in [1.54, 1.807) is 42.5 Å². The summed E-state index contributed by atoms with van der Waals surface area (Å²) in [5.41, 5.74) is 1.33. The number of amides is 1. The summed E-state index contributed by atoms with van der Waals surface area (Å²) in [5.74, 6) is -0.463. The predicted molar refractivity (Wildman–Crippen MR) is 147 cm³/mol. The van der Waals surface area contributed by atoms with Crippen molar-refractivity contribution in [2.75, 3.05) is 28.0 Å². The summed E-state index contributed by atoms with van der Waals surface area (Å²) >= 11 is 0. The van der Waals surface area contributed by atoms with Crippen LogP contribution in [0.2, 0.25) is 0 Å². The van der Waals surface area contributed by atoms with E-state index in [-0.39, 0.29) is 32.9 Å². The Bertz CT molecular complexity index is 1660. The van der Waals surface area contributed by atoms with E-state index in [9.17, 15) is 21.6 Å². The van der Waals surface area contributed by atoms with Crippen molar-refractivity contribution in [2.24, 2.45) is 0 Å². The zero-order valence-corrected chi connectivity index (χ0v) is 22.6. The molecule has 4 aromatic rings. The first-order chi connectivity index (χ1) is 18.6. The Kier molecular flexibility index (Phi) is 8.12. The minimum Gasteiger partial charge on any atom is -0.495 e. The molecule has 0 aliphatic rings. The Labute approximate surface area is 226 Å². The maximum atomic E-state index is 13.6. The molecular weight excluding hydrogens is 542 g/mol. The van der Waals surface area contributed by atoms with Crippen molar-refractivity contribution >= 4 is 43.3 Å². The van der Waals surface area contributed by atoms with Crippen molar-refractivity contribution in [3.63, 3.8) is 0 Å². The molecule has 0 aliphatic heterocycles. The maximum Gasteiger partial charge on any atom is 0.264 e. The van der Waals surface area contributed by atoms with Crippen LogP contribution in [0.15, 0.2) is 101 Å². The summed E-state index contributed by atoms with van der Waals surface area (Å²) in [6.45, 7) is 1.27. The van der Waals surface area contributed by atoms with Crippen molar-refractivity contribution in [1.29, 1.82) is 0 Å². The van der Waals surface area contributed by atoms with Crippen molar-refractivity contribution in [3.05, 3.63) is 96.8 Å². The van der Waals surface area contributed by atoms with Gasteiger partial charge in [0.1, 0.15) is 12.3 Å². The van der Waals surface area contributed by atoms with E-state index in [0.717, 1.165) is 9.87 Å². The zero-order chi connectivity index (χ0) is 28.0. The fourth-order valence-corrected chi connectivity index (χ4v) is 5.94. The maximum absolute atomic E-state index is 13.6. The smallest absolute Gasteiger partial charge is 0.264 e. The molecule has 39 heavy (non-hydrogen) atoms. The van der Waals surface area contributed by atoms with Crippen LogP contribution >= 0.6 is 0 Å². The third-order valence-electron chi connectivity index (χ3n) is 5.49. The quantitative estimate of drug-likeness (QED) is 0.296. The number of methoxy groups -OCH3 is 1. The van der Waals surface area contributed by atoms with Gasteiger partial charge in [0.25, 0.3) is 20.0 Å². The number of nitrogens with one attached hydrogen (secondary N) is 2. The van der Waals surface area contributed by atoms with Gasteiger partial charge in [-0.3, -0.25) is 9.10 Å². The second-order valence-corrected chi connectivity index (χ2v) is 11.8. The molecule has 202 valence electrons. The lowest BCUT2D eigenvalue weighted by atomic mass is 10.2. The summed E-state index contributed by atoms with van der Waals surface area (Å²) in [7, 11) is -6.71. The summed E-state index contributed by atoms with van der Waals surface area (Å²) in [4.78, 5) is 20.7. The highest BCUT2D eigenvalue weighted by molar-refractivity contribution is 7.93. The standard InChI is InChI=1S/C26H25N5O6S2/c1-19-8-12-22(13-9-19)39(35,36)31(23-6-3-4-7-24(23)37-2)18-25(32)29-20-10-14-21(15-11-20)38(33,34)30-26-27-16-5-17-28-26/h3-17H,18H2,1-2H3,(H,29,32)(H,27,28,30). The lowest BCUT2D eigenvalue weighted by molar-refractivity contribution is -0.114. The van der Waals surface area contributed by atoms with Gasteiger partial charge in [-0.05, 0) is 61.5 Å². The molecule has 2 N–H and O–H groups in total. The molecule has 13 heteroatoms. The van der Waals surface area contributed by atoms with Crippen molar-refractivity contribution in [3.8, 4) is 5.75 Å². The van der Waals surface area contributed by atoms with Gasteiger partial charge >= 0.3 is 0 Å². The fourth-order valence-electron chi connectivity index (χ4n) is 3.55. The van der Waals surface area contributed by atoms with Crippen LogP contribution < -0.4 is 19.1 Å². The number of carbonyl (C=O) groups is 1. The molecule has 0 unspecified atom stereocenters. The van der Waals surface area contributed by atoms with Crippen molar-refractivity contribution < 1.29 is 26.4 Å². The van der Waals surface area contributed by atoms with Gasteiger partial charge < -0.3 is 10.1 Å². The Morgan fingerprint density at radius 2 is 1.46 bits per heavy atom. The average molecular weight is 568 g/mol. The highest BCUT2D eigenvalue weighted by Crippen LogP contribution is 2.32. The lowest BCUT2D eigenvalue weighted by Gasteiger charge is -2.25. The van der Waals surface area contributed by atoms with Crippen molar-refractivity contribution in [2.45, 2.75) is 16.7 Å². The largest absolute Gasteiger partial charge is 0.495 e. The molecule has 11 nitrogen and oxygen atoms in total. The predicted octanol–water partition coefficient (Wildman–Crippen LogP) is 3.43. The lowest BCUT2D eigenvalue weighted by Crippen LogP contribution is -2.38. The van der Waals surface area contributed by atoms with E-state index in [1.165, 1.54) is 55.9 Å². The number of nitrogens with zero attached hydrogens (tertiary/aromatic N) is 3.